The van der Waals surface area contributed by atoms with Crippen LogP contribution < -0.4 is 5.32 Å². The first-order valence-corrected chi connectivity index (χ1v) is 7.19. The van der Waals surface area contributed by atoms with Crippen molar-refractivity contribution in [3.8, 4) is 6.07 Å². The third kappa shape index (κ3) is 4.24. The molecule has 112 valence electrons. The predicted molar refractivity (Wildman–Crippen MR) is 86.3 cm³/mol. The van der Waals surface area contributed by atoms with Gasteiger partial charge in [0.15, 0.2) is 0 Å². The Hall–Kier alpha value is -2.51. The van der Waals surface area contributed by atoms with Crippen molar-refractivity contribution >= 4 is 17.6 Å². The third-order valence-electron chi connectivity index (χ3n) is 3.24. The minimum Gasteiger partial charge on any atom is -0.334 e. The monoisotopic (exact) mass is 313 g/mol. The maximum absolute atomic E-state index is 12.1. The highest BCUT2D eigenvalue weighted by atomic mass is 35.5. The molecule has 0 atom stereocenters. The van der Waals surface area contributed by atoms with Crippen LogP contribution in [0, 0.1) is 11.3 Å². The molecule has 2 rings (SSSR count). The first-order valence-electron chi connectivity index (χ1n) is 6.81. The number of nitrogens with one attached hydrogen (secondary N) is 1. The van der Waals surface area contributed by atoms with Gasteiger partial charge in [0, 0.05) is 25.2 Å². The first kappa shape index (κ1) is 15.9. The molecule has 0 aliphatic rings. The number of nitriles is 1. The number of amides is 2. The van der Waals surface area contributed by atoms with Gasteiger partial charge >= 0.3 is 6.03 Å². The smallest absolute Gasteiger partial charge is 0.317 e. The van der Waals surface area contributed by atoms with E-state index in [4.69, 9.17) is 16.9 Å². The summed E-state index contributed by atoms with van der Waals surface area (Å²) in [6.07, 6.45) is 0. The van der Waals surface area contributed by atoms with Gasteiger partial charge in [-0.25, -0.2) is 4.79 Å². The van der Waals surface area contributed by atoms with Crippen molar-refractivity contribution in [2.75, 3.05) is 7.05 Å². The Morgan fingerprint density at radius 3 is 2.55 bits per heavy atom. The number of carbonyl (C=O) groups excluding carboxylic acids is 1. The van der Waals surface area contributed by atoms with Gasteiger partial charge in [-0.1, -0.05) is 41.9 Å². The minimum atomic E-state index is -0.177. The highest BCUT2D eigenvalue weighted by Gasteiger charge is 2.09. The third-order valence-corrected chi connectivity index (χ3v) is 3.61. The van der Waals surface area contributed by atoms with E-state index in [2.05, 4.69) is 11.4 Å². The molecule has 0 aliphatic heterocycles. The molecule has 4 nitrogen and oxygen atoms in total. The predicted octanol–water partition coefficient (Wildman–Crippen LogP) is 3.55. The maximum Gasteiger partial charge on any atom is 0.317 e. The zero-order valence-electron chi connectivity index (χ0n) is 12.2. The van der Waals surface area contributed by atoms with E-state index >= 15 is 0 Å². The molecule has 0 fully saturated rings. The van der Waals surface area contributed by atoms with Crippen molar-refractivity contribution in [2.45, 2.75) is 13.1 Å². The van der Waals surface area contributed by atoms with E-state index in [1.54, 1.807) is 30.1 Å². The molecule has 0 saturated heterocycles. The quantitative estimate of drug-likeness (QED) is 0.938. The molecule has 2 aromatic carbocycles. The Morgan fingerprint density at radius 2 is 1.91 bits per heavy atom. The Morgan fingerprint density at radius 1 is 1.23 bits per heavy atom. The number of hydrogen-bond donors (Lipinski definition) is 1. The highest BCUT2D eigenvalue weighted by molar-refractivity contribution is 6.31. The summed E-state index contributed by atoms with van der Waals surface area (Å²) in [7, 11) is 1.72. The molecule has 0 saturated carbocycles. The van der Waals surface area contributed by atoms with Crippen molar-refractivity contribution in [2.24, 2.45) is 0 Å². The lowest BCUT2D eigenvalue weighted by atomic mass is 10.1. The van der Waals surface area contributed by atoms with Crippen LogP contribution in [0.3, 0.4) is 0 Å². The van der Waals surface area contributed by atoms with Crippen molar-refractivity contribution < 1.29 is 4.79 Å². The molecule has 0 unspecified atom stereocenters. The molecule has 0 radical (unpaired) electrons. The van der Waals surface area contributed by atoms with Crippen LogP contribution in [0.2, 0.25) is 5.02 Å². The number of hydrogen-bond acceptors (Lipinski definition) is 2. The van der Waals surface area contributed by atoms with Gasteiger partial charge in [0.05, 0.1) is 11.6 Å². The van der Waals surface area contributed by atoms with Gasteiger partial charge in [0.1, 0.15) is 0 Å². The molecule has 0 bridgehead atoms. The normalized spacial score (nSPS) is 9.86. The Kier molecular flexibility index (Phi) is 5.40. The number of benzene rings is 2. The lowest BCUT2D eigenvalue weighted by Gasteiger charge is -2.18. The van der Waals surface area contributed by atoms with Crippen LogP contribution in [0.25, 0.3) is 0 Å². The van der Waals surface area contributed by atoms with Crippen molar-refractivity contribution in [3.05, 3.63) is 70.2 Å². The van der Waals surface area contributed by atoms with Crippen molar-refractivity contribution in [1.29, 1.82) is 5.26 Å². The SMILES string of the molecule is CN(Cc1ccc(C#N)cc1)C(=O)NCc1ccccc1Cl. The second kappa shape index (κ2) is 7.48. The lowest BCUT2D eigenvalue weighted by molar-refractivity contribution is 0.206. The molecule has 5 heteroatoms. The summed E-state index contributed by atoms with van der Waals surface area (Å²) >= 11 is 6.05. The number of rotatable bonds is 4. The Bertz CT molecular complexity index is 692. The van der Waals surface area contributed by atoms with Crippen molar-refractivity contribution in [1.82, 2.24) is 10.2 Å². The number of halogens is 1. The second-order valence-electron chi connectivity index (χ2n) is 4.91. The van der Waals surface area contributed by atoms with E-state index in [0.717, 1.165) is 11.1 Å². The molecule has 2 amide bonds. The molecule has 0 aromatic heterocycles. The van der Waals surface area contributed by atoms with E-state index < -0.39 is 0 Å². The Balaban J connectivity index is 1.89. The van der Waals surface area contributed by atoms with Gasteiger partial charge in [0.25, 0.3) is 0 Å². The van der Waals surface area contributed by atoms with Crippen LogP contribution in [0.4, 0.5) is 4.79 Å². The van der Waals surface area contributed by atoms with Crippen LogP contribution in [-0.2, 0) is 13.1 Å². The van der Waals surface area contributed by atoms with Crippen LogP contribution in [0.1, 0.15) is 16.7 Å². The van der Waals surface area contributed by atoms with Crippen molar-refractivity contribution in [3.63, 3.8) is 0 Å². The molecule has 0 heterocycles. The van der Waals surface area contributed by atoms with Crippen LogP contribution in [0.5, 0.6) is 0 Å². The first-order chi connectivity index (χ1) is 10.6. The molecular formula is C17H16ClN3O. The van der Waals surface area contributed by atoms with Gasteiger partial charge < -0.3 is 10.2 Å². The van der Waals surface area contributed by atoms with Gasteiger partial charge in [-0.3, -0.25) is 0 Å². The molecule has 1 N–H and O–H groups in total. The topological polar surface area (TPSA) is 56.1 Å². The van der Waals surface area contributed by atoms with Crippen LogP contribution in [0.15, 0.2) is 48.5 Å². The van der Waals surface area contributed by atoms with Gasteiger partial charge in [0.2, 0.25) is 0 Å². The summed E-state index contributed by atoms with van der Waals surface area (Å²) in [4.78, 5) is 13.7. The molecule has 22 heavy (non-hydrogen) atoms. The number of carbonyl (C=O) groups is 1. The zero-order valence-corrected chi connectivity index (χ0v) is 13.0. The highest BCUT2D eigenvalue weighted by Crippen LogP contribution is 2.14. The fraction of sp³-hybridized carbons (Fsp3) is 0.176. The van der Waals surface area contributed by atoms with E-state index in [1.165, 1.54) is 0 Å². The zero-order chi connectivity index (χ0) is 15.9. The number of urea groups is 1. The summed E-state index contributed by atoms with van der Waals surface area (Å²) in [6, 6.07) is 16.5. The van der Waals surface area contributed by atoms with E-state index in [9.17, 15) is 4.79 Å². The Labute approximate surface area is 134 Å². The maximum atomic E-state index is 12.1. The minimum absolute atomic E-state index is 0.177. The average molecular weight is 314 g/mol. The summed E-state index contributed by atoms with van der Waals surface area (Å²) in [5.74, 6) is 0. The summed E-state index contributed by atoms with van der Waals surface area (Å²) < 4.78 is 0. The summed E-state index contributed by atoms with van der Waals surface area (Å²) in [6.45, 7) is 0.857. The molecule has 2 aromatic rings. The van der Waals surface area contributed by atoms with Gasteiger partial charge in [-0.15, -0.1) is 0 Å². The van der Waals surface area contributed by atoms with Gasteiger partial charge in [-0.2, -0.15) is 5.26 Å². The van der Waals surface area contributed by atoms with E-state index in [1.807, 2.05) is 30.3 Å². The van der Waals surface area contributed by atoms with E-state index in [-0.39, 0.29) is 6.03 Å². The average Bonchev–Trinajstić information content (AvgIpc) is 2.54. The standard InChI is InChI=1S/C17H16ClN3O/c1-21(12-14-8-6-13(10-19)7-9-14)17(22)20-11-15-4-2-3-5-16(15)18/h2-9H,11-12H2,1H3,(H,20,22). The molecule has 0 aliphatic carbocycles. The van der Waals surface area contributed by atoms with Crippen LogP contribution in [-0.4, -0.2) is 18.0 Å². The van der Waals surface area contributed by atoms with E-state index in [0.29, 0.717) is 23.7 Å². The number of nitrogens with zero attached hydrogens (tertiary/aromatic N) is 2. The van der Waals surface area contributed by atoms with Gasteiger partial charge in [-0.05, 0) is 29.3 Å². The second-order valence-corrected chi connectivity index (χ2v) is 5.32. The summed E-state index contributed by atoms with van der Waals surface area (Å²) in [5, 5.41) is 12.2. The summed E-state index contributed by atoms with van der Waals surface area (Å²) in [5.41, 5.74) is 2.45. The fourth-order valence-electron chi connectivity index (χ4n) is 1.98. The lowest BCUT2D eigenvalue weighted by Crippen LogP contribution is -2.36. The molecular weight excluding hydrogens is 298 g/mol. The molecule has 0 spiro atoms. The fourth-order valence-corrected chi connectivity index (χ4v) is 2.18. The van der Waals surface area contributed by atoms with Crippen LogP contribution >= 0.6 is 11.6 Å². The largest absolute Gasteiger partial charge is 0.334 e.